The quantitative estimate of drug-likeness (QED) is 0.531. The first-order valence-corrected chi connectivity index (χ1v) is 12.3. The van der Waals surface area contributed by atoms with E-state index in [0.717, 1.165) is 5.56 Å². The minimum atomic E-state index is -0.760. The summed E-state index contributed by atoms with van der Waals surface area (Å²) in [4.78, 5) is 55.6. The maximum Gasteiger partial charge on any atom is 0.246 e. The Morgan fingerprint density at radius 1 is 1.09 bits per heavy atom. The van der Waals surface area contributed by atoms with Crippen molar-refractivity contribution in [1.82, 2.24) is 25.8 Å². The number of hydrogen-bond donors (Lipinski definition) is 3. The molecule has 0 unspecified atom stereocenters. The minimum Gasteiger partial charge on any atom is -0.352 e. The van der Waals surface area contributed by atoms with E-state index in [1.54, 1.807) is 23.8 Å². The predicted octanol–water partition coefficient (Wildman–Crippen LogP) is 0.889. The average Bonchev–Trinajstić information content (AvgIpc) is 3.40. The molecule has 1 aromatic carbocycles. The molecule has 3 rings (SSSR count). The van der Waals surface area contributed by atoms with Crippen LogP contribution < -0.4 is 16.0 Å². The molecular formula is C26H39N5O4. The summed E-state index contributed by atoms with van der Waals surface area (Å²) < 4.78 is 0. The number of amides is 4. The zero-order valence-electron chi connectivity index (χ0n) is 21.6. The van der Waals surface area contributed by atoms with Gasteiger partial charge < -0.3 is 25.8 Å². The Labute approximate surface area is 208 Å². The molecule has 2 fully saturated rings. The Balaban J connectivity index is 1.83. The molecule has 2 aliphatic rings. The standard InChI is InChI=1S/C26H39N5O4/c1-16(27-6)23(33)29-22(26(3,4)5)25(35)30-13-12-20-21(30)19(15-31(20)17(2)32)24(34)28-14-18-10-8-7-9-11-18/h7-11,16,19-22,27H,12-15H2,1-6H3,(H,28,34)(H,29,33)/t16-,19-,20+,21+,22+/m0/s1. The van der Waals surface area contributed by atoms with Crippen molar-refractivity contribution >= 4 is 23.6 Å². The lowest BCUT2D eigenvalue weighted by Gasteiger charge is -2.37. The first-order chi connectivity index (χ1) is 16.5. The van der Waals surface area contributed by atoms with E-state index < -0.39 is 29.5 Å². The van der Waals surface area contributed by atoms with Crippen LogP contribution in [0.3, 0.4) is 0 Å². The maximum absolute atomic E-state index is 13.9. The van der Waals surface area contributed by atoms with Crippen LogP contribution in [0.15, 0.2) is 30.3 Å². The van der Waals surface area contributed by atoms with Gasteiger partial charge in [0.2, 0.25) is 23.6 Å². The highest BCUT2D eigenvalue weighted by Crippen LogP contribution is 2.37. The van der Waals surface area contributed by atoms with Gasteiger partial charge in [-0.25, -0.2) is 0 Å². The molecular weight excluding hydrogens is 446 g/mol. The van der Waals surface area contributed by atoms with Crippen molar-refractivity contribution in [3.8, 4) is 0 Å². The van der Waals surface area contributed by atoms with Gasteiger partial charge in [0, 0.05) is 26.6 Å². The number of likely N-dealkylation sites (N-methyl/N-ethyl adjacent to an activating group) is 1. The highest BCUT2D eigenvalue weighted by atomic mass is 16.2. The molecule has 2 aliphatic heterocycles. The number of nitrogens with one attached hydrogen (secondary N) is 3. The molecule has 4 amide bonds. The largest absolute Gasteiger partial charge is 0.352 e. The number of fused-ring (bicyclic) bond motifs is 1. The van der Waals surface area contributed by atoms with E-state index in [0.29, 0.717) is 19.5 Å². The first kappa shape index (κ1) is 26.7. The van der Waals surface area contributed by atoms with Gasteiger partial charge in [0.25, 0.3) is 0 Å². The fourth-order valence-corrected chi connectivity index (χ4v) is 5.07. The molecule has 2 heterocycles. The van der Waals surface area contributed by atoms with Crippen LogP contribution in [0.5, 0.6) is 0 Å². The summed E-state index contributed by atoms with van der Waals surface area (Å²) in [5.74, 6) is -1.28. The molecule has 0 bridgehead atoms. The monoisotopic (exact) mass is 485 g/mol. The van der Waals surface area contributed by atoms with Crippen LogP contribution in [-0.4, -0.2) is 77.7 Å². The maximum atomic E-state index is 13.9. The lowest BCUT2D eigenvalue weighted by Crippen LogP contribution is -2.59. The van der Waals surface area contributed by atoms with E-state index in [-0.39, 0.29) is 36.2 Å². The topological polar surface area (TPSA) is 111 Å². The van der Waals surface area contributed by atoms with Crippen LogP contribution in [0.1, 0.15) is 46.6 Å². The molecule has 0 radical (unpaired) electrons. The molecule has 0 aromatic heterocycles. The summed E-state index contributed by atoms with van der Waals surface area (Å²) >= 11 is 0. The lowest BCUT2D eigenvalue weighted by atomic mass is 9.85. The Morgan fingerprint density at radius 3 is 2.31 bits per heavy atom. The molecule has 1 aromatic rings. The summed E-state index contributed by atoms with van der Waals surface area (Å²) in [6.45, 7) is 10.1. The van der Waals surface area contributed by atoms with Crippen LogP contribution in [0.2, 0.25) is 0 Å². The van der Waals surface area contributed by atoms with E-state index >= 15 is 0 Å². The van der Waals surface area contributed by atoms with E-state index in [1.807, 2.05) is 51.1 Å². The van der Waals surface area contributed by atoms with Gasteiger partial charge >= 0.3 is 0 Å². The molecule has 35 heavy (non-hydrogen) atoms. The highest BCUT2D eigenvalue weighted by molar-refractivity contribution is 5.91. The molecule has 0 saturated carbocycles. The number of carbonyl (C=O) groups is 4. The fourth-order valence-electron chi connectivity index (χ4n) is 5.07. The number of rotatable bonds is 7. The van der Waals surface area contributed by atoms with Gasteiger partial charge in [0.15, 0.2) is 0 Å². The number of benzene rings is 1. The molecule has 3 N–H and O–H groups in total. The summed E-state index contributed by atoms with van der Waals surface area (Å²) in [5.41, 5.74) is 0.440. The molecule has 192 valence electrons. The molecule has 0 spiro atoms. The highest BCUT2D eigenvalue weighted by Gasteiger charge is 2.54. The average molecular weight is 486 g/mol. The van der Waals surface area contributed by atoms with Crippen molar-refractivity contribution in [1.29, 1.82) is 0 Å². The molecule has 9 heteroatoms. The van der Waals surface area contributed by atoms with Gasteiger partial charge in [-0.2, -0.15) is 0 Å². The normalized spacial score (nSPS) is 23.4. The molecule has 9 nitrogen and oxygen atoms in total. The van der Waals surface area contributed by atoms with E-state index in [2.05, 4.69) is 16.0 Å². The summed E-state index contributed by atoms with van der Waals surface area (Å²) in [6.07, 6.45) is 0.607. The van der Waals surface area contributed by atoms with Crippen molar-refractivity contribution < 1.29 is 19.2 Å². The van der Waals surface area contributed by atoms with E-state index in [4.69, 9.17) is 0 Å². The zero-order valence-corrected chi connectivity index (χ0v) is 21.6. The van der Waals surface area contributed by atoms with Crippen LogP contribution >= 0.6 is 0 Å². The second-order valence-electron chi connectivity index (χ2n) is 10.7. The van der Waals surface area contributed by atoms with Gasteiger partial charge in [-0.05, 0) is 31.4 Å². The third-order valence-corrected chi connectivity index (χ3v) is 7.19. The SMILES string of the molecule is CN[C@@H](C)C(=O)N[C@H](C(=O)N1CC[C@@H]2[C@H]1[C@@H](C(=O)NCc1ccccc1)CN2C(C)=O)C(C)(C)C. The first-order valence-electron chi connectivity index (χ1n) is 12.3. The molecule has 2 saturated heterocycles. The Morgan fingerprint density at radius 2 is 1.74 bits per heavy atom. The summed E-state index contributed by atoms with van der Waals surface area (Å²) in [5, 5.41) is 8.81. The summed E-state index contributed by atoms with van der Waals surface area (Å²) in [7, 11) is 1.69. The predicted molar refractivity (Wildman–Crippen MR) is 133 cm³/mol. The van der Waals surface area contributed by atoms with Gasteiger partial charge in [0.05, 0.1) is 24.0 Å². The van der Waals surface area contributed by atoms with Crippen molar-refractivity contribution in [2.45, 2.75) is 71.8 Å². The Bertz CT molecular complexity index is 945. The van der Waals surface area contributed by atoms with Crippen molar-refractivity contribution in [3.05, 3.63) is 35.9 Å². The Hall–Kier alpha value is -2.94. The Kier molecular flexibility index (Phi) is 8.20. The van der Waals surface area contributed by atoms with Crippen LogP contribution in [-0.2, 0) is 25.7 Å². The number of likely N-dealkylation sites (tertiary alicyclic amines) is 2. The van der Waals surface area contributed by atoms with Gasteiger partial charge in [-0.15, -0.1) is 0 Å². The third-order valence-electron chi connectivity index (χ3n) is 7.19. The lowest BCUT2D eigenvalue weighted by molar-refractivity contribution is -0.142. The van der Waals surface area contributed by atoms with Crippen LogP contribution in [0.25, 0.3) is 0 Å². The second kappa shape index (κ2) is 10.8. The number of carbonyl (C=O) groups excluding carboxylic acids is 4. The van der Waals surface area contributed by atoms with Gasteiger partial charge in [-0.1, -0.05) is 51.1 Å². The third kappa shape index (κ3) is 5.83. The van der Waals surface area contributed by atoms with Crippen molar-refractivity contribution in [2.24, 2.45) is 11.3 Å². The van der Waals surface area contributed by atoms with Crippen molar-refractivity contribution in [3.63, 3.8) is 0 Å². The molecule has 5 atom stereocenters. The second-order valence-corrected chi connectivity index (χ2v) is 10.7. The van der Waals surface area contributed by atoms with E-state index in [9.17, 15) is 19.2 Å². The van der Waals surface area contributed by atoms with Gasteiger partial charge in [0.1, 0.15) is 6.04 Å². The van der Waals surface area contributed by atoms with Crippen LogP contribution in [0.4, 0.5) is 0 Å². The van der Waals surface area contributed by atoms with Crippen LogP contribution in [0, 0.1) is 11.3 Å². The summed E-state index contributed by atoms with van der Waals surface area (Å²) in [6, 6.07) is 7.78. The zero-order chi connectivity index (χ0) is 25.9. The van der Waals surface area contributed by atoms with Crippen molar-refractivity contribution in [2.75, 3.05) is 20.1 Å². The van der Waals surface area contributed by atoms with Gasteiger partial charge in [-0.3, -0.25) is 19.2 Å². The number of nitrogens with zero attached hydrogens (tertiary/aromatic N) is 2. The number of hydrogen-bond acceptors (Lipinski definition) is 5. The minimum absolute atomic E-state index is 0.101. The van der Waals surface area contributed by atoms with E-state index in [1.165, 1.54) is 6.92 Å². The fraction of sp³-hybridized carbons (Fsp3) is 0.615. The smallest absolute Gasteiger partial charge is 0.246 e. The molecule has 0 aliphatic carbocycles.